The molecule has 0 saturated carbocycles. The van der Waals surface area contributed by atoms with E-state index >= 15 is 0 Å². The second-order valence-electron chi connectivity index (χ2n) is 5.96. The van der Waals surface area contributed by atoms with Crippen LogP contribution in [0.4, 0.5) is 0 Å². The number of likely N-dealkylation sites (tertiary alicyclic amines) is 1. The van der Waals surface area contributed by atoms with E-state index in [1.54, 1.807) is 4.90 Å². The van der Waals surface area contributed by atoms with Crippen molar-refractivity contribution in [1.82, 2.24) is 10.2 Å². The van der Waals surface area contributed by atoms with Crippen LogP contribution in [0, 0.1) is 17.8 Å². The third-order valence-electron chi connectivity index (χ3n) is 3.42. The lowest BCUT2D eigenvalue weighted by Gasteiger charge is -2.19. The van der Waals surface area contributed by atoms with E-state index in [0.717, 1.165) is 6.54 Å². The highest BCUT2D eigenvalue weighted by molar-refractivity contribution is 5.89. The molecule has 1 aliphatic rings. The first kappa shape index (κ1) is 16.0. The van der Waals surface area contributed by atoms with Gasteiger partial charge in [0.15, 0.2) is 0 Å². The summed E-state index contributed by atoms with van der Waals surface area (Å²) in [6.45, 7) is 8.09. The van der Waals surface area contributed by atoms with Crippen molar-refractivity contribution in [2.24, 2.45) is 17.8 Å². The molecule has 0 bridgehead atoms. The first-order chi connectivity index (χ1) is 8.93. The van der Waals surface area contributed by atoms with Crippen molar-refractivity contribution in [3.63, 3.8) is 0 Å². The molecule has 0 aliphatic carbocycles. The Morgan fingerprint density at radius 3 is 2.74 bits per heavy atom. The minimum atomic E-state index is -0.215. The Morgan fingerprint density at radius 1 is 1.47 bits per heavy atom. The number of nitrogens with zero attached hydrogens (tertiary/aromatic N) is 1. The molecule has 2 atom stereocenters. The predicted octanol–water partition coefficient (Wildman–Crippen LogP) is 0.626. The van der Waals surface area contributed by atoms with Crippen molar-refractivity contribution in [3.05, 3.63) is 0 Å². The molecule has 110 valence electrons. The van der Waals surface area contributed by atoms with Gasteiger partial charge in [0.05, 0.1) is 5.92 Å². The van der Waals surface area contributed by atoms with Crippen LogP contribution < -0.4 is 5.32 Å². The Labute approximate surface area is 115 Å². The zero-order valence-electron chi connectivity index (χ0n) is 12.2. The van der Waals surface area contributed by atoms with Gasteiger partial charge < -0.3 is 15.3 Å². The maximum atomic E-state index is 12.0. The summed E-state index contributed by atoms with van der Waals surface area (Å²) in [6, 6.07) is 0. The van der Waals surface area contributed by atoms with E-state index in [1.807, 2.05) is 6.92 Å². The zero-order valence-corrected chi connectivity index (χ0v) is 12.2. The minimum absolute atomic E-state index is 0.0376. The second kappa shape index (κ2) is 7.48. The van der Waals surface area contributed by atoms with E-state index in [4.69, 9.17) is 5.11 Å². The number of hydrogen-bond acceptors (Lipinski definition) is 3. The first-order valence-corrected chi connectivity index (χ1v) is 7.10. The summed E-state index contributed by atoms with van der Waals surface area (Å²) in [6.07, 6.45) is 1.01. The molecule has 2 N–H and O–H groups in total. The van der Waals surface area contributed by atoms with Gasteiger partial charge >= 0.3 is 0 Å². The lowest BCUT2D eigenvalue weighted by atomic mass is 10.1. The number of amides is 2. The van der Waals surface area contributed by atoms with Gasteiger partial charge in [-0.3, -0.25) is 9.59 Å². The van der Waals surface area contributed by atoms with Crippen molar-refractivity contribution in [1.29, 1.82) is 0 Å². The Hall–Kier alpha value is -1.10. The number of carbonyl (C=O) groups is 2. The molecular weight excluding hydrogens is 244 g/mol. The Balaban J connectivity index is 2.36. The standard InChI is InChI=1S/C14H26N2O3/c1-10(2)8-16-9-12(6-13(16)18)14(19)15-7-11(3)4-5-17/h10-12,17H,4-9H2,1-3H3,(H,15,19). The third-order valence-corrected chi connectivity index (χ3v) is 3.42. The van der Waals surface area contributed by atoms with Crippen molar-refractivity contribution in [2.75, 3.05) is 26.2 Å². The number of aliphatic hydroxyl groups is 1. The van der Waals surface area contributed by atoms with E-state index in [-0.39, 0.29) is 30.3 Å². The number of nitrogens with one attached hydrogen (secondary N) is 1. The summed E-state index contributed by atoms with van der Waals surface area (Å²) in [5, 5.41) is 11.7. The summed E-state index contributed by atoms with van der Waals surface area (Å²) >= 11 is 0. The maximum Gasteiger partial charge on any atom is 0.225 e. The normalized spacial score (nSPS) is 21.0. The topological polar surface area (TPSA) is 69.6 Å². The van der Waals surface area contributed by atoms with Crippen LogP contribution in [0.1, 0.15) is 33.6 Å². The van der Waals surface area contributed by atoms with Gasteiger partial charge in [-0.15, -0.1) is 0 Å². The molecule has 0 aromatic heterocycles. The fourth-order valence-electron chi connectivity index (χ4n) is 2.31. The molecule has 1 aliphatic heterocycles. The Bertz CT molecular complexity index is 318. The van der Waals surface area contributed by atoms with E-state index in [9.17, 15) is 9.59 Å². The van der Waals surface area contributed by atoms with Gasteiger partial charge in [-0.2, -0.15) is 0 Å². The molecule has 2 unspecified atom stereocenters. The minimum Gasteiger partial charge on any atom is -0.396 e. The fraction of sp³-hybridized carbons (Fsp3) is 0.857. The molecule has 2 amide bonds. The van der Waals surface area contributed by atoms with E-state index < -0.39 is 0 Å². The van der Waals surface area contributed by atoms with Gasteiger partial charge in [-0.1, -0.05) is 20.8 Å². The molecule has 5 heteroatoms. The van der Waals surface area contributed by atoms with Gasteiger partial charge in [0.1, 0.15) is 0 Å². The van der Waals surface area contributed by atoms with Crippen LogP contribution in [0.3, 0.4) is 0 Å². The lowest BCUT2D eigenvalue weighted by molar-refractivity contribution is -0.129. The molecular formula is C14H26N2O3. The zero-order chi connectivity index (χ0) is 14.4. The number of rotatable bonds is 7. The highest BCUT2D eigenvalue weighted by atomic mass is 16.3. The summed E-state index contributed by atoms with van der Waals surface area (Å²) < 4.78 is 0. The average molecular weight is 270 g/mol. The largest absolute Gasteiger partial charge is 0.396 e. The molecule has 19 heavy (non-hydrogen) atoms. The summed E-state index contributed by atoms with van der Waals surface area (Å²) in [5.74, 6) is 0.516. The highest BCUT2D eigenvalue weighted by Crippen LogP contribution is 2.19. The van der Waals surface area contributed by atoms with Crippen LogP contribution in [0.25, 0.3) is 0 Å². The molecule has 0 radical (unpaired) electrons. The van der Waals surface area contributed by atoms with E-state index in [1.165, 1.54) is 0 Å². The van der Waals surface area contributed by atoms with Crippen LogP contribution in [-0.4, -0.2) is 48.1 Å². The lowest BCUT2D eigenvalue weighted by Crippen LogP contribution is -2.36. The van der Waals surface area contributed by atoms with Crippen LogP contribution in [0.5, 0.6) is 0 Å². The van der Waals surface area contributed by atoms with Crippen molar-refractivity contribution >= 4 is 11.8 Å². The summed E-state index contributed by atoms with van der Waals surface area (Å²) in [4.78, 5) is 25.5. The average Bonchev–Trinajstić information content (AvgIpc) is 2.67. The Morgan fingerprint density at radius 2 is 2.16 bits per heavy atom. The molecule has 5 nitrogen and oxygen atoms in total. The second-order valence-corrected chi connectivity index (χ2v) is 5.96. The van der Waals surface area contributed by atoms with Crippen LogP contribution in [0.15, 0.2) is 0 Å². The molecule has 0 aromatic carbocycles. The van der Waals surface area contributed by atoms with Crippen LogP contribution in [0.2, 0.25) is 0 Å². The Kier molecular flexibility index (Phi) is 6.28. The molecule has 1 heterocycles. The van der Waals surface area contributed by atoms with E-state index in [2.05, 4.69) is 19.2 Å². The van der Waals surface area contributed by atoms with Gasteiger partial charge in [0.25, 0.3) is 0 Å². The molecule has 1 fully saturated rings. The number of carbonyl (C=O) groups excluding carboxylic acids is 2. The quantitative estimate of drug-likeness (QED) is 0.713. The van der Waals surface area contributed by atoms with Crippen LogP contribution in [-0.2, 0) is 9.59 Å². The van der Waals surface area contributed by atoms with Gasteiger partial charge in [0, 0.05) is 32.7 Å². The summed E-state index contributed by atoms with van der Waals surface area (Å²) in [5.41, 5.74) is 0. The van der Waals surface area contributed by atoms with E-state index in [0.29, 0.717) is 31.8 Å². The van der Waals surface area contributed by atoms with Crippen molar-refractivity contribution in [2.45, 2.75) is 33.6 Å². The van der Waals surface area contributed by atoms with Gasteiger partial charge in [-0.25, -0.2) is 0 Å². The van der Waals surface area contributed by atoms with Gasteiger partial charge in [-0.05, 0) is 18.3 Å². The smallest absolute Gasteiger partial charge is 0.225 e. The third kappa shape index (κ3) is 5.19. The maximum absolute atomic E-state index is 12.0. The summed E-state index contributed by atoms with van der Waals surface area (Å²) in [7, 11) is 0. The molecule has 0 aromatic rings. The SMILES string of the molecule is CC(C)CN1CC(C(=O)NCC(C)CCO)CC1=O. The molecule has 1 rings (SSSR count). The monoisotopic (exact) mass is 270 g/mol. The number of aliphatic hydroxyl groups excluding tert-OH is 1. The first-order valence-electron chi connectivity index (χ1n) is 7.10. The van der Waals surface area contributed by atoms with Crippen molar-refractivity contribution in [3.8, 4) is 0 Å². The molecule has 0 spiro atoms. The number of hydrogen-bond donors (Lipinski definition) is 2. The predicted molar refractivity (Wildman–Crippen MR) is 73.4 cm³/mol. The van der Waals surface area contributed by atoms with Crippen molar-refractivity contribution < 1.29 is 14.7 Å². The van der Waals surface area contributed by atoms with Gasteiger partial charge in [0.2, 0.25) is 11.8 Å². The highest BCUT2D eigenvalue weighted by Gasteiger charge is 2.34. The molecule has 1 saturated heterocycles. The van der Waals surface area contributed by atoms with Crippen LogP contribution >= 0.6 is 0 Å². The fourth-order valence-corrected chi connectivity index (χ4v) is 2.31.